The monoisotopic (exact) mass is 353 g/mol. The molecule has 26 heavy (non-hydrogen) atoms. The molecule has 1 aliphatic carbocycles. The molecule has 2 aromatic carbocycles. The molecule has 2 N–H and O–H groups in total. The maximum Gasteiger partial charge on any atom is 0.223 e. The molecule has 3 aromatic rings. The topological polar surface area (TPSA) is 67.0 Å². The first-order valence-electron chi connectivity index (χ1n) is 8.70. The number of aromatic amines is 1. The summed E-state index contributed by atoms with van der Waals surface area (Å²) >= 11 is 0. The third-order valence-corrected chi connectivity index (χ3v) is 4.83. The van der Waals surface area contributed by atoms with Gasteiger partial charge in [-0.3, -0.25) is 4.79 Å². The van der Waals surface area contributed by atoms with Crippen LogP contribution in [0.25, 0.3) is 11.0 Å². The number of amides is 1. The number of nitrogens with zero attached hydrogens (tertiary/aromatic N) is 1. The van der Waals surface area contributed by atoms with Crippen molar-refractivity contribution in [1.82, 2.24) is 15.3 Å². The van der Waals surface area contributed by atoms with Crippen LogP contribution in [0.15, 0.2) is 42.5 Å². The van der Waals surface area contributed by atoms with E-state index in [0.717, 1.165) is 23.5 Å². The molecule has 1 aliphatic rings. The van der Waals surface area contributed by atoms with Gasteiger partial charge in [-0.1, -0.05) is 12.1 Å². The number of halogens is 1. The molecule has 2 unspecified atom stereocenters. The highest BCUT2D eigenvalue weighted by molar-refractivity contribution is 5.83. The van der Waals surface area contributed by atoms with Crippen LogP contribution in [-0.4, -0.2) is 29.5 Å². The van der Waals surface area contributed by atoms with Crippen LogP contribution in [0.3, 0.4) is 0 Å². The Kier molecular flexibility index (Phi) is 4.32. The van der Waals surface area contributed by atoms with Crippen molar-refractivity contribution in [3.63, 3.8) is 0 Å². The predicted octanol–water partition coefficient (Wildman–Crippen LogP) is 3.17. The predicted molar refractivity (Wildman–Crippen MR) is 96.6 cm³/mol. The summed E-state index contributed by atoms with van der Waals surface area (Å²) in [4.78, 5) is 19.8. The number of methoxy groups -OCH3 is 1. The minimum atomic E-state index is -0.292. The van der Waals surface area contributed by atoms with Crippen LogP contribution in [0.1, 0.15) is 23.7 Å². The van der Waals surface area contributed by atoms with Crippen molar-refractivity contribution < 1.29 is 13.9 Å². The maximum absolute atomic E-state index is 13.2. The first-order valence-corrected chi connectivity index (χ1v) is 8.70. The lowest BCUT2D eigenvalue weighted by molar-refractivity contribution is -0.122. The van der Waals surface area contributed by atoms with Crippen LogP contribution in [0.2, 0.25) is 0 Å². The fraction of sp³-hybridized carbons (Fsp3) is 0.300. The van der Waals surface area contributed by atoms with E-state index in [1.54, 1.807) is 13.2 Å². The quantitative estimate of drug-likeness (QED) is 0.715. The molecule has 0 aliphatic heterocycles. The van der Waals surface area contributed by atoms with Gasteiger partial charge in [0.2, 0.25) is 5.91 Å². The van der Waals surface area contributed by atoms with E-state index in [2.05, 4.69) is 15.3 Å². The number of carbonyl (C=O) groups excluding carboxylic acids is 1. The molecule has 0 bridgehead atoms. The number of carbonyl (C=O) groups is 1. The smallest absolute Gasteiger partial charge is 0.223 e. The van der Waals surface area contributed by atoms with E-state index in [9.17, 15) is 9.18 Å². The average Bonchev–Trinajstić information content (AvgIpc) is 3.35. The Morgan fingerprint density at radius 3 is 2.88 bits per heavy atom. The molecule has 4 rings (SSSR count). The Balaban J connectivity index is 1.28. The third kappa shape index (κ3) is 3.40. The van der Waals surface area contributed by atoms with Crippen LogP contribution < -0.4 is 10.1 Å². The van der Waals surface area contributed by atoms with E-state index in [-0.39, 0.29) is 23.6 Å². The van der Waals surface area contributed by atoms with Gasteiger partial charge in [0.05, 0.1) is 18.1 Å². The van der Waals surface area contributed by atoms with Gasteiger partial charge in [-0.05, 0) is 48.2 Å². The van der Waals surface area contributed by atoms with Gasteiger partial charge in [0.1, 0.15) is 17.4 Å². The lowest BCUT2D eigenvalue weighted by Gasteiger charge is -2.05. The minimum Gasteiger partial charge on any atom is -0.497 e. The summed E-state index contributed by atoms with van der Waals surface area (Å²) in [5.41, 5.74) is 2.58. The van der Waals surface area contributed by atoms with E-state index >= 15 is 0 Å². The van der Waals surface area contributed by atoms with E-state index < -0.39 is 0 Å². The van der Waals surface area contributed by atoms with Crippen molar-refractivity contribution in [2.45, 2.75) is 18.8 Å². The van der Waals surface area contributed by atoms with Crippen molar-refractivity contribution in [3.8, 4) is 5.75 Å². The van der Waals surface area contributed by atoms with Gasteiger partial charge in [0.15, 0.2) is 0 Å². The van der Waals surface area contributed by atoms with Gasteiger partial charge < -0.3 is 15.0 Å². The van der Waals surface area contributed by atoms with Gasteiger partial charge in [-0.15, -0.1) is 0 Å². The zero-order chi connectivity index (χ0) is 18.1. The second-order valence-electron chi connectivity index (χ2n) is 6.61. The number of benzene rings is 2. The van der Waals surface area contributed by atoms with Crippen LogP contribution in [0.4, 0.5) is 4.39 Å². The average molecular weight is 353 g/mol. The Morgan fingerprint density at radius 2 is 2.12 bits per heavy atom. The Morgan fingerprint density at radius 1 is 1.31 bits per heavy atom. The molecule has 1 fully saturated rings. The van der Waals surface area contributed by atoms with Crippen molar-refractivity contribution in [3.05, 3.63) is 59.7 Å². The highest BCUT2D eigenvalue weighted by Crippen LogP contribution is 2.47. The Hall–Kier alpha value is -2.89. The summed E-state index contributed by atoms with van der Waals surface area (Å²) in [6.07, 6.45) is 1.46. The van der Waals surface area contributed by atoms with Crippen LogP contribution >= 0.6 is 0 Å². The number of rotatable bonds is 6. The molecule has 1 heterocycles. The Labute approximate surface area is 150 Å². The summed E-state index contributed by atoms with van der Waals surface area (Å²) < 4.78 is 18.4. The highest BCUT2D eigenvalue weighted by atomic mass is 19.1. The van der Waals surface area contributed by atoms with E-state index in [0.29, 0.717) is 18.5 Å². The first-order chi connectivity index (χ1) is 12.6. The largest absolute Gasteiger partial charge is 0.497 e. The number of imidazole rings is 1. The number of nitrogens with one attached hydrogen (secondary N) is 2. The number of ether oxygens (including phenoxy) is 1. The summed E-state index contributed by atoms with van der Waals surface area (Å²) in [6, 6.07) is 12.3. The summed E-state index contributed by atoms with van der Waals surface area (Å²) in [6.45, 7) is 0.507. The van der Waals surface area contributed by atoms with Crippen molar-refractivity contribution in [2.24, 2.45) is 5.92 Å². The standard InChI is InChI=1S/C20H20FN3O2/c1-26-14-5-2-12(3-6-14)15-11-16(15)20(25)22-9-8-19-23-17-7-4-13(21)10-18(17)24-19/h2-7,10,15-16H,8-9,11H2,1H3,(H,22,25)(H,23,24). The third-order valence-electron chi connectivity index (χ3n) is 4.83. The lowest BCUT2D eigenvalue weighted by Crippen LogP contribution is -2.27. The molecule has 0 saturated heterocycles. The second-order valence-corrected chi connectivity index (χ2v) is 6.61. The van der Waals surface area contributed by atoms with E-state index in [1.165, 1.54) is 17.7 Å². The van der Waals surface area contributed by atoms with Gasteiger partial charge >= 0.3 is 0 Å². The molecule has 2 atom stereocenters. The summed E-state index contributed by atoms with van der Waals surface area (Å²) in [7, 11) is 1.64. The summed E-state index contributed by atoms with van der Waals surface area (Å²) in [5, 5.41) is 2.97. The van der Waals surface area contributed by atoms with Crippen LogP contribution in [0.5, 0.6) is 5.75 Å². The van der Waals surface area contributed by atoms with Gasteiger partial charge in [0, 0.05) is 18.9 Å². The molecule has 134 valence electrons. The molecular formula is C20H20FN3O2. The fourth-order valence-corrected chi connectivity index (χ4v) is 3.29. The SMILES string of the molecule is COc1ccc(C2CC2C(=O)NCCc2nc3ccc(F)cc3[nH]2)cc1. The number of fused-ring (bicyclic) bond motifs is 1. The second kappa shape index (κ2) is 6.78. The zero-order valence-electron chi connectivity index (χ0n) is 14.5. The van der Waals surface area contributed by atoms with Gasteiger partial charge in [-0.2, -0.15) is 0 Å². The number of aromatic nitrogens is 2. The zero-order valence-corrected chi connectivity index (χ0v) is 14.5. The van der Waals surface area contributed by atoms with Crippen LogP contribution in [-0.2, 0) is 11.2 Å². The first kappa shape index (κ1) is 16.6. The lowest BCUT2D eigenvalue weighted by atomic mass is 10.1. The molecule has 5 nitrogen and oxygen atoms in total. The summed E-state index contributed by atoms with van der Waals surface area (Å²) in [5.74, 6) is 1.67. The molecular weight excluding hydrogens is 333 g/mol. The number of H-pyrrole nitrogens is 1. The van der Waals surface area contributed by atoms with E-state index in [4.69, 9.17) is 4.74 Å². The molecule has 1 aromatic heterocycles. The fourth-order valence-electron chi connectivity index (χ4n) is 3.29. The van der Waals surface area contributed by atoms with Crippen molar-refractivity contribution >= 4 is 16.9 Å². The molecule has 0 radical (unpaired) electrons. The molecule has 1 saturated carbocycles. The molecule has 1 amide bonds. The van der Waals surface area contributed by atoms with Crippen molar-refractivity contribution in [1.29, 1.82) is 0 Å². The normalized spacial score (nSPS) is 18.7. The van der Waals surface area contributed by atoms with Gasteiger partial charge in [-0.25, -0.2) is 9.37 Å². The van der Waals surface area contributed by atoms with E-state index in [1.807, 2.05) is 24.3 Å². The Bertz CT molecular complexity index is 936. The minimum absolute atomic E-state index is 0.0353. The number of hydrogen-bond donors (Lipinski definition) is 2. The van der Waals surface area contributed by atoms with Crippen molar-refractivity contribution in [2.75, 3.05) is 13.7 Å². The molecule has 0 spiro atoms. The maximum atomic E-state index is 13.2. The van der Waals surface area contributed by atoms with Gasteiger partial charge in [0.25, 0.3) is 0 Å². The highest BCUT2D eigenvalue weighted by Gasteiger charge is 2.43. The van der Waals surface area contributed by atoms with Crippen LogP contribution in [0, 0.1) is 11.7 Å². The molecule has 6 heteroatoms. The number of hydrogen-bond acceptors (Lipinski definition) is 3.